The third-order valence-corrected chi connectivity index (χ3v) is 16.5. The van der Waals surface area contributed by atoms with Crippen LogP contribution in [-0.2, 0) is 67.2 Å². The van der Waals surface area contributed by atoms with Gasteiger partial charge in [0.25, 0.3) is 0 Å². The molecule has 0 radical (unpaired) electrons. The summed E-state index contributed by atoms with van der Waals surface area (Å²) in [6, 6.07) is 10.4. The van der Waals surface area contributed by atoms with Gasteiger partial charge in [-0.1, -0.05) is 121 Å². The lowest BCUT2D eigenvalue weighted by molar-refractivity contribution is -0.142. The second-order valence-electron chi connectivity index (χ2n) is 21.2. The predicted molar refractivity (Wildman–Crippen MR) is 309 cm³/mol. The molecule has 0 bridgehead atoms. The minimum Gasteiger partial charge on any atom is -0.508 e. The number of primary amides is 2. The van der Waals surface area contributed by atoms with Gasteiger partial charge < -0.3 is 64.4 Å². The molecule has 8 atom stereocenters. The van der Waals surface area contributed by atoms with E-state index in [0.717, 1.165) is 21.6 Å². The largest absolute Gasteiger partial charge is 0.508 e. The highest BCUT2D eigenvalue weighted by Crippen LogP contribution is 2.32. The summed E-state index contributed by atoms with van der Waals surface area (Å²) >= 11 is 0. The molecule has 2 heterocycles. The third kappa shape index (κ3) is 19.7. The number of carbonyl (C=O) groups excluding carboxylic acids is 10. The monoisotopic (exact) mass is 1170 g/mol. The summed E-state index contributed by atoms with van der Waals surface area (Å²) in [7, 11) is 2.26. The zero-order valence-electron chi connectivity index (χ0n) is 46.3. The standard InChI is InChI=1S/C55H74N14O11S2/c1-31(2)45-52(78)63-41(28-44(57)71)49(75)64-42(53(79)69-24-10-14-43(69)51(77)60-37(13-8-9-23-56)47(73)61-38(46(58)72)25-34-17-21-36(70)22-18-34)29-81-82-30-55(3,4)54(80)65-40(27-33-15-19-35(20-16-33)67-68-59)48(74)62-39(50(76)66-45)26-32-11-6-5-7-12-32/h5-7,11-12,15-22,31,37-43,45,70H,8-10,13-14,23-30,56H2,1-4H3,(H2,57,71)(H2,58,72)(H,60,77)(H,61,73)(H,62,74)(H,63,78)(H,64,75)(H,65,80)(H,66,76)/t37-,38-,39-,40-,41-,42-,43-,45-/m0/s1. The van der Waals surface area contributed by atoms with Crippen LogP contribution in [0.1, 0.15) is 82.9 Å². The summed E-state index contributed by atoms with van der Waals surface area (Å²) in [5.74, 6) is -8.76. The Morgan fingerprint density at radius 1 is 0.768 bits per heavy atom. The van der Waals surface area contributed by atoms with Gasteiger partial charge in [0.05, 0.1) is 11.8 Å². The molecule has 0 unspecified atom stereocenters. The molecule has 27 heteroatoms. The molecule has 14 N–H and O–H groups in total. The number of likely N-dealkylation sites (tertiary alicyclic amines) is 1. The fraction of sp³-hybridized carbons (Fsp3) is 0.491. The van der Waals surface area contributed by atoms with Crippen molar-refractivity contribution in [1.82, 2.24) is 42.1 Å². The van der Waals surface area contributed by atoms with Crippen LogP contribution in [-0.4, -0.2) is 142 Å². The predicted octanol–water partition coefficient (Wildman–Crippen LogP) is 1.31. The number of amides is 10. The van der Waals surface area contributed by atoms with E-state index in [4.69, 9.17) is 22.7 Å². The first kappa shape index (κ1) is 64.9. The molecule has 442 valence electrons. The Bertz CT molecular complexity index is 2800. The number of nitrogens with one attached hydrogen (secondary N) is 7. The summed E-state index contributed by atoms with van der Waals surface area (Å²) in [6.07, 6.45) is 0.608. The molecule has 2 saturated heterocycles. The number of unbranched alkanes of at least 4 members (excludes halogenated alkanes) is 1. The Morgan fingerprint density at radius 2 is 1.38 bits per heavy atom. The van der Waals surface area contributed by atoms with Crippen molar-refractivity contribution in [3.63, 3.8) is 0 Å². The molecule has 3 aromatic rings. The van der Waals surface area contributed by atoms with Gasteiger partial charge in [-0.05, 0) is 78.9 Å². The molecule has 3 aromatic carbocycles. The lowest BCUT2D eigenvalue weighted by Crippen LogP contribution is -2.62. The normalized spacial score (nSPS) is 21.9. The molecule has 10 amide bonds. The van der Waals surface area contributed by atoms with Gasteiger partial charge in [-0.2, -0.15) is 0 Å². The second-order valence-corrected chi connectivity index (χ2v) is 23.7. The Morgan fingerprint density at radius 3 is 2.00 bits per heavy atom. The summed E-state index contributed by atoms with van der Waals surface area (Å²) in [4.78, 5) is 144. The van der Waals surface area contributed by atoms with Crippen LogP contribution in [0.4, 0.5) is 5.69 Å². The molecule has 5 rings (SSSR count). The van der Waals surface area contributed by atoms with Gasteiger partial charge in [0.1, 0.15) is 54.1 Å². The highest BCUT2D eigenvalue weighted by Gasteiger charge is 2.41. The maximum absolute atomic E-state index is 14.9. The van der Waals surface area contributed by atoms with Crippen LogP contribution in [0, 0.1) is 11.3 Å². The van der Waals surface area contributed by atoms with E-state index in [-0.39, 0.29) is 62.4 Å². The number of phenolic OH excluding ortho intramolecular Hbond substituents is 1. The average molecular weight is 1170 g/mol. The number of azide groups is 1. The van der Waals surface area contributed by atoms with Gasteiger partial charge in [-0.25, -0.2) is 0 Å². The van der Waals surface area contributed by atoms with Crippen molar-refractivity contribution in [2.45, 2.75) is 134 Å². The minimum absolute atomic E-state index is 0.00503. The quantitative estimate of drug-likeness (QED) is 0.0250. The summed E-state index contributed by atoms with van der Waals surface area (Å²) in [6.45, 7) is 6.87. The van der Waals surface area contributed by atoms with Crippen molar-refractivity contribution in [2.75, 3.05) is 24.6 Å². The smallest absolute Gasteiger partial charge is 0.246 e. The van der Waals surface area contributed by atoms with Crippen molar-refractivity contribution < 1.29 is 53.1 Å². The fourth-order valence-electron chi connectivity index (χ4n) is 9.05. The van der Waals surface area contributed by atoms with E-state index < -0.39 is 125 Å². The molecular weight excluding hydrogens is 1100 g/mol. The topological polar surface area (TPSA) is 405 Å². The van der Waals surface area contributed by atoms with Crippen LogP contribution in [0.5, 0.6) is 5.75 Å². The number of carbonyl (C=O) groups is 10. The zero-order chi connectivity index (χ0) is 60.1. The van der Waals surface area contributed by atoms with Crippen molar-refractivity contribution in [3.8, 4) is 5.75 Å². The van der Waals surface area contributed by atoms with E-state index in [0.29, 0.717) is 41.6 Å². The van der Waals surface area contributed by atoms with E-state index in [9.17, 15) is 53.1 Å². The number of hydrogen-bond donors (Lipinski definition) is 11. The van der Waals surface area contributed by atoms with Crippen molar-refractivity contribution in [2.24, 2.45) is 33.6 Å². The van der Waals surface area contributed by atoms with Crippen LogP contribution in [0.2, 0.25) is 0 Å². The van der Waals surface area contributed by atoms with E-state index >= 15 is 0 Å². The highest BCUT2D eigenvalue weighted by molar-refractivity contribution is 8.76. The van der Waals surface area contributed by atoms with Crippen LogP contribution < -0.4 is 54.4 Å². The molecule has 2 fully saturated rings. The first-order valence-electron chi connectivity index (χ1n) is 26.9. The summed E-state index contributed by atoms with van der Waals surface area (Å²) in [5, 5.41) is 32.3. The van der Waals surface area contributed by atoms with Crippen molar-refractivity contribution in [3.05, 3.63) is 106 Å². The molecule has 82 heavy (non-hydrogen) atoms. The maximum atomic E-state index is 14.9. The van der Waals surface area contributed by atoms with Crippen molar-refractivity contribution >= 4 is 86.3 Å². The van der Waals surface area contributed by atoms with E-state index in [1.165, 1.54) is 17.0 Å². The van der Waals surface area contributed by atoms with Crippen LogP contribution >= 0.6 is 21.6 Å². The molecule has 0 spiro atoms. The molecule has 0 aromatic heterocycles. The van der Waals surface area contributed by atoms with Crippen LogP contribution in [0.25, 0.3) is 10.4 Å². The maximum Gasteiger partial charge on any atom is 0.246 e. The Kier molecular flexibility index (Phi) is 24.8. The van der Waals surface area contributed by atoms with Gasteiger partial charge in [-0.15, -0.1) is 0 Å². The number of phenols is 1. The number of aromatic hydroxyl groups is 1. The zero-order valence-corrected chi connectivity index (χ0v) is 47.9. The third-order valence-electron chi connectivity index (χ3n) is 13.8. The summed E-state index contributed by atoms with van der Waals surface area (Å²) < 4.78 is 0. The number of hydrogen-bond acceptors (Lipinski definition) is 15. The van der Waals surface area contributed by atoms with Gasteiger partial charge in [-0.3, -0.25) is 47.9 Å². The van der Waals surface area contributed by atoms with E-state index in [1.54, 1.807) is 94.4 Å². The number of benzene rings is 3. The van der Waals surface area contributed by atoms with Gasteiger partial charge >= 0.3 is 0 Å². The lowest BCUT2D eigenvalue weighted by atomic mass is 9.93. The van der Waals surface area contributed by atoms with Gasteiger partial charge in [0.15, 0.2) is 0 Å². The van der Waals surface area contributed by atoms with E-state index in [1.807, 2.05) is 0 Å². The number of rotatable bonds is 20. The molecular formula is C55H74N14O11S2. The number of nitrogens with two attached hydrogens (primary N) is 3. The molecule has 2 aliphatic heterocycles. The minimum atomic E-state index is -1.69. The molecule has 0 saturated carbocycles. The highest BCUT2D eigenvalue weighted by atomic mass is 33.1. The fourth-order valence-corrected chi connectivity index (χ4v) is 11.9. The lowest BCUT2D eigenvalue weighted by Gasteiger charge is -2.32. The average Bonchev–Trinajstić information content (AvgIpc) is 4.03. The molecule has 25 nitrogen and oxygen atoms in total. The van der Waals surface area contributed by atoms with Gasteiger partial charge in [0, 0.05) is 47.9 Å². The Balaban J connectivity index is 1.46. The van der Waals surface area contributed by atoms with Crippen LogP contribution in [0.15, 0.2) is 84.0 Å². The number of nitrogens with zero attached hydrogens (tertiary/aromatic N) is 4. The second kappa shape index (κ2) is 31.4. The summed E-state index contributed by atoms with van der Waals surface area (Å²) in [5.41, 5.74) is 26.9. The van der Waals surface area contributed by atoms with Crippen LogP contribution in [0.3, 0.4) is 0 Å². The van der Waals surface area contributed by atoms with Gasteiger partial charge in [0.2, 0.25) is 59.1 Å². The molecule has 2 aliphatic rings. The van der Waals surface area contributed by atoms with Crippen molar-refractivity contribution in [1.29, 1.82) is 0 Å². The first-order chi connectivity index (χ1) is 39.0. The SMILES string of the molecule is CC(C)[C@@H]1NC(=O)[C@H](Cc2ccccc2)NC(=O)[C@H](Cc2ccc(N=[N+]=[N-])cc2)NC(=O)C(C)(C)CSSC[C@@H](C(=O)N2CCC[C@H]2C(=O)N[C@@H](CCCCN)C(=O)N[C@@H](Cc2ccc(O)cc2)C(N)=O)NC(=O)[C@H](CC(N)=O)NC1=O. The Hall–Kier alpha value is -7.87. The molecule has 0 aliphatic carbocycles. The Labute approximate surface area is 483 Å². The van der Waals surface area contributed by atoms with E-state index in [2.05, 4.69) is 47.2 Å². The first-order valence-corrected chi connectivity index (χ1v) is 29.4.